The van der Waals surface area contributed by atoms with Gasteiger partial charge in [-0.3, -0.25) is 4.79 Å². The number of carbonyl (C=O) groups is 2. The monoisotopic (exact) mass is 496 g/mol. The average molecular weight is 497 g/mol. The Bertz CT molecular complexity index is 1300. The first-order valence-electron chi connectivity index (χ1n) is 11.6. The number of halogens is 2. The van der Waals surface area contributed by atoms with Gasteiger partial charge in [0.05, 0.1) is 34.8 Å². The molecule has 3 fully saturated rings. The number of rotatable bonds is 7. The molecule has 0 spiro atoms. The lowest BCUT2D eigenvalue weighted by molar-refractivity contribution is -0.126. The molecule has 2 heterocycles. The van der Waals surface area contributed by atoms with Gasteiger partial charge in [0, 0.05) is 23.2 Å². The van der Waals surface area contributed by atoms with Crippen molar-refractivity contribution in [3.05, 3.63) is 70.2 Å². The van der Waals surface area contributed by atoms with E-state index in [0.29, 0.717) is 35.5 Å². The Labute approximate surface area is 205 Å². The summed E-state index contributed by atoms with van der Waals surface area (Å²) in [6, 6.07) is 10.8. The van der Waals surface area contributed by atoms with Gasteiger partial charge in [-0.1, -0.05) is 22.8 Å². The number of fused-ring (bicyclic) bond motifs is 2. The number of nitrogens with zero attached hydrogens (tertiary/aromatic N) is 2. The number of aromatic nitrogens is 1. The molecule has 3 atom stereocenters. The molecule has 2 aromatic carbocycles. The summed E-state index contributed by atoms with van der Waals surface area (Å²) in [7, 11) is 0. The molecule has 35 heavy (non-hydrogen) atoms. The van der Waals surface area contributed by atoms with Crippen LogP contribution in [-0.4, -0.2) is 34.3 Å². The molecular formula is C26H22ClFN2O5. The highest BCUT2D eigenvalue weighted by Gasteiger charge is 2.52. The summed E-state index contributed by atoms with van der Waals surface area (Å²) in [5, 5.41) is 13.5. The van der Waals surface area contributed by atoms with Crippen molar-refractivity contribution in [3.8, 4) is 11.3 Å². The van der Waals surface area contributed by atoms with E-state index in [-0.39, 0.29) is 52.6 Å². The van der Waals surface area contributed by atoms with Crippen LogP contribution in [-0.2, 0) is 16.1 Å². The lowest BCUT2D eigenvalue weighted by Crippen LogP contribution is -2.43. The fraction of sp³-hybridized carbons (Fsp3) is 0.346. The summed E-state index contributed by atoms with van der Waals surface area (Å²) in [5.41, 5.74) is 2.11. The van der Waals surface area contributed by atoms with E-state index < -0.39 is 11.8 Å². The third-order valence-corrected chi connectivity index (χ3v) is 7.51. The molecule has 0 radical (unpaired) electrons. The second kappa shape index (κ2) is 8.46. The Hall–Kier alpha value is -3.23. The zero-order chi connectivity index (χ0) is 24.3. The quantitative estimate of drug-likeness (QED) is 0.469. The average Bonchev–Trinajstić information content (AvgIpc) is 3.34. The molecular weight excluding hydrogens is 475 g/mol. The topological polar surface area (TPSA) is 92.9 Å². The Morgan fingerprint density at radius 1 is 1.20 bits per heavy atom. The minimum Gasteiger partial charge on any atom is -0.478 e. The molecule has 2 bridgehead atoms. The molecule has 180 valence electrons. The normalized spacial score (nSPS) is 23.3. The van der Waals surface area contributed by atoms with E-state index in [1.165, 1.54) is 18.2 Å². The van der Waals surface area contributed by atoms with Crippen molar-refractivity contribution >= 4 is 29.2 Å². The van der Waals surface area contributed by atoms with Gasteiger partial charge in [-0.25, -0.2) is 9.18 Å². The van der Waals surface area contributed by atoms with Crippen LogP contribution in [0.15, 0.2) is 47.0 Å². The van der Waals surface area contributed by atoms with Crippen LogP contribution in [0.5, 0.6) is 0 Å². The predicted molar refractivity (Wildman–Crippen MR) is 125 cm³/mol. The summed E-state index contributed by atoms with van der Waals surface area (Å²) in [5.74, 6) is -0.854. The SMILES string of the molecule is O=C(O)c1ccc(N2C(=O)[C@@H]3C[C@H]2C[C@H]3OCc2c(-c3c(F)cccc3Cl)noc2C2CC2)cc1. The van der Waals surface area contributed by atoms with Crippen molar-refractivity contribution in [2.24, 2.45) is 5.92 Å². The van der Waals surface area contributed by atoms with Crippen molar-refractivity contribution in [1.29, 1.82) is 0 Å². The van der Waals surface area contributed by atoms with Gasteiger partial charge in [0.2, 0.25) is 5.91 Å². The van der Waals surface area contributed by atoms with Gasteiger partial charge in [-0.05, 0) is 62.1 Å². The fourth-order valence-electron chi connectivity index (χ4n) is 5.33. The van der Waals surface area contributed by atoms with Gasteiger partial charge in [0.15, 0.2) is 0 Å². The van der Waals surface area contributed by atoms with E-state index in [2.05, 4.69) is 5.16 Å². The van der Waals surface area contributed by atoms with E-state index in [9.17, 15) is 14.0 Å². The number of anilines is 1. The number of aromatic carboxylic acids is 1. The number of carbonyl (C=O) groups excluding carboxylic acids is 1. The molecule has 1 saturated heterocycles. The number of piperidine rings is 1. The Morgan fingerprint density at radius 3 is 2.63 bits per heavy atom. The number of ether oxygens (including phenoxy) is 1. The molecule has 9 heteroatoms. The standard InChI is InChI=1S/C26H22ClFN2O5/c27-19-2-1-3-20(28)22(19)23-18(24(35-29-23)13-4-5-13)12-34-21-11-16-10-17(21)25(31)30(16)15-8-6-14(7-9-15)26(32)33/h1-3,6-9,13,16-17,21H,4-5,10-12H2,(H,32,33)/t16-,17+,21+/m0/s1. The smallest absolute Gasteiger partial charge is 0.335 e. The summed E-state index contributed by atoms with van der Waals surface area (Å²) in [6.45, 7) is 0.157. The van der Waals surface area contributed by atoms with Crippen molar-refractivity contribution in [2.75, 3.05) is 4.90 Å². The Morgan fingerprint density at radius 2 is 1.97 bits per heavy atom. The number of hydrogen-bond acceptors (Lipinski definition) is 5. The molecule has 3 aromatic rings. The lowest BCUT2D eigenvalue weighted by atomic mass is 10.0. The van der Waals surface area contributed by atoms with Gasteiger partial charge < -0.3 is 19.3 Å². The zero-order valence-corrected chi connectivity index (χ0v) is 19.4. The first-order valence-corrected chi connectivity index (χ1v) is 12.0. The highest BCUT2D eigenvalue weighted by atomic mass is 35.5. The number of carboxylic acid groups (broad SMARTS) is 1. The molecule has 0 unspecified atom stereocenters. The molecule has 2 aliphatic carbocycles. The maximum atomic E-state index is 14.6. The Kier molecular flexibility index (Phi) is 5.38. The van der Waals surface area contributed by atoms with Crippen molar-refractivity contribution in [1.82, 2.24) is 5.16 Å². The molecule has 6 rings (SSSR count). The predicted octanol–water partition coefficient (Wildman–Crippen LogP) is 5.42. The molecule has 1 N–H and O–H groups in total. The summed E-state index contributed by atoms with van der Waals surface area (Å²) in [4.78, 5) is 26.0. The first kappa shape index (κ1) is 22.2. The van der Waals surface area contributed by atoms with Gasteiger partial charge in [-0.15, -0.1) is 0 Å². The largest absolute Gasteiger partial charge is 0.478 e. The molecule has 1 aromatic heterocycles. The lowest BCUT2D eigenvalue weighted by Gasteiger charge is -2.31. The van der Waals surface area contributed by atoms with Crippen LogP contribution in [0.2, 0.25) is 5.02 Å². The number of benzene rings is 2. The first-order chi connectivity index (χ1) is 16.9. The molecule has 7 nitrogen and oxygen atoms in total. The van der Waals surface area contributed by atoms with E-state index in [4.69, 9.17) is 26.0 Å². The summed E-state index contributed by atoms with van der Waals surface area (Å²) in [6.07, 6.45) is 3.03. The van der Waals surface area contributed by atoms with Crippen molar-refractivity contribution in [2.45, 2.75) is 50.4 Å². The van der Waals surface area contributed by atoms with Crippen molar-refractivity contribution in [3.63, 3.8) is 0 Å². The molecule has 2 saturated carbocycles. The minimum absolute atomic E-state index is 0.0148. The van der Waals surface area contributed by atoms with Crippen LogP contribution < -0.4 is 4.90 Å². The van der Waals surface area contributed by atoms with Gasteiger partial charge in [0.25, 0.3) is 0 Å². The van der Waals surface area contributed by atoms with Crippen LogP contribution in [0.3, 0.4) is 0 Å². The number of carboxylic acids is 1. The van der Waals surface area contributed by atoms with Crippen LogP contribution in [0, 0.1) is 11.7 Å². The second-order valence-electron chi connectivity index (χ2n) is 9.39. The van der Waals surface area contributed by atoms with Crippen LogP contribution >= 0.6 is 11.6 Å². The van der Waals surface area contributed by atoms with Crippen LogP contribution in [0.25, 0.3) is 11.3 Å². The molecule has 1 amide bonds. The fourth-order valence-corrected chi connectivity index (χ4v) is 5.58. The van der Waals surface area contributed by atoms with Crippen LogP contribution in [0.4, 0.5) is 10.1 Å². The highest BCUT2D eigenvalue weighted by molar-refractivity contribution is 6.33. The zero-order valence-electron chi connectivity index (χ0n) is 18.6. The molecule has 3 aliphatic rings. The Balaban J connectivity index is 1.21. The molecule has 1 aliphatic heterocycles. The third-order valence-electron chi connectivity index (χ3n) is 7.20. The minimum atomic E-state index is -1.00. The maximum Gasteiger partial charge on any atom is 0.335 e. The number of amides is 1. The summed E-state index contributed by atoms with van der Waals surface area (Å²) < 4.78 is 26.5. The van der Waals surface area contributed by atoms with Crippen molar-refractivity contribution < 1.29 is 28.3 Å². The van der Waals surface area contributed by atoms with Gasteiger partial charge in [-0.2, -0.15) is 0 Å². The van der Waals surface area contributed by atoms with E-state index in [0.717, 1.165) is 12.8 Å². The maximum absolute atomic E-state index is 14.6. The van der Waals surface area contributed by atoms with E-state index in [1.54, 1.807) is 29.2 Å². The second-order valence-corrected chi connectivity index (χ2v) is 9.79. The van der Waals surface area contributed by atoms with E-state index in [1.807, 2.05) is 0 Å². The highest BCUT2D eigenvalue weighted by Crippen LogP contribution is 2.47. The van der Waals surface area contributed by atoms with Gasteiger partial charge >= 0.3 is 5.97 Å². The van der Waals surface area contributed by atoms with Gasteiger partial charge in [0.1, 0.15) is 17.3 Å². The number of hydrogen-bond donors (Lipinski definition) is 1. The van der Waals surface area contributed by atoms with E-state index >= 15 is 0 Å². The van der Waals surface area contributed by atoms with Crippen LogP contribution in [0.1, 0.15) is 53.3 Å². The third kappa shape index (κ3) is 3.81. The summed E-state index contributed by atoms with van der Waals surface area (Å²) >= 11 is 6.29.